The molecule has 0 saturated heterocycles. The molecule has 1 aromatic carbocycles. The zero-order valence-corrected chi connectivity index (χ0v) is 11.0. The number of aliphatic hydroxyl groups is 1. The number of urea groups is 1. The van der Waals surface area contributed by atoms with Crippen LogP contribution in [0.4, 0.5) is 23.7 Å². The smallest absolute Gasteiger partial charge is 0.416 e. The molecule has 1 rings (SSSR count). The molecule has 0 radical (unpaired) electrons. The summed E-state index contributed by atoms with van der Waals surface area (Å²) < 4.78 is 37.3. The van der Waals surface area contributed by atoms with E-state index in [-0.39, 0.29) is 10.7 Å². The lowest BCUT2D eigenvalue weighted by molar-refractivity contribution is -0.140. The highest BCUT2D eigenvalue weighted by Gasteiger charge is 2.31. The lowest BCUT2D eigenvalue weighted by Gasteiger charge is -2.14. The van der Waals surface area contributed by atoms with Crippen LogP contribution in [0.1, 0.15) is 5.56 Å². The van der Waals surface area contributed by atoms with Gasteiger partial charge in [-0.05, 0) is 18.2 Å². The molecular weight excluding hydrogens is 317 g/mol. The van der Waals surface area contributed by atoms with Gasteiger partial charge in [0.05, 0.1) is 22.9 Å². The Balaban J connectivity index is 2.80. The average molecular weight is 327 g/mol. The van der Waals surface area contributed by atoms with Gasteiger partial charge in [-0.1, -0.05) is 11.6 Å². The van der Waals surface area contributed by atoms with Crippen molar-refractivity contribution in [1.82, 2.24) is 5.32 Å². The topological polar surface area (TPSA) is 98.7 Å². The summed E-state index contributed by atoms with van der Waals surface area (Å²) in [4.78, 5) is 22.0. The molecule has 0 aliphatic carbocycles. The fourth-order valence-electron chi connectivity index (χ4n) is 1.29. The molecule has 0 spiro atoms. The number of nitrogens with one attached hydrogen (secondary N) is 2. The van der Waals surface area contributed by atoms with E-state index in [9.17, 15) is 22.8 Å². The fourth-order valence-corrected chi connectivity index (χ4v) is 1.52. The van der Waals surface area contributed by atoms with Crippen molar-refractivity contribution < 1.29 is 33.0 Å². The molecule has 10 heteroatoms. The number of hydrogen-bond acceptors (Lipinski definition) is 3. The monoisotopic (exact) mass is 326 g/mol. The number of halogens is 4. The lowest BCUT2D eigenvalue weighted by Crippen LogP contribution is -2.45. The van der Waals surface area contributed by atoms with Crippen LogP contribution in [0.2, 0.25) is 5.02 Å². The Hall–Kier alpha value is -2.00. The molecule has 0 bridgehead atoms. The molecule has 21 heavy (non-hydrogen) atoms. The van der Waals surface area contributed by atoms with Gasteiger partial charge in [0, 0.05) is 0 Å². The number of hydrogen-bond donors (Lipinski definition) is 4. The molecule has 6 nitrogen and oxygen atoms in total. The predicted octanol–water partition coefficient (Wildman–Crippen LogP) is 1.93. The number of carbonyl (C=O) groups excluding carboxylic acids is 1. The molecule has 0 aliphatic rings. The van der Waals surface area contributed by atoms with Crippen LogP contribution < -0.4 is 10.6 Å². The molecule has 4 N–H and O–H groups in total. The third kappa shape index (κ3) is 4.80. The van der Waals surface area contributed by atoms with Crippen molar-refractivity contribution >= 4 is 29.3 Å². The van der Waals surface area contributed by atoms with Crippen molar-refractivity contribution in [3.05, 3.63) is 28.8 Å². The SMILES string of the molecule is O=C(Nc1ccc(C(F)(F)F)cc1Cl)N[C@H](CO)C(=O)O. The maximum absolute atomic E-state index is 12.4. The molecule has 0 heterocycles. The number of aliphatic hydroxyl groups excluding tert-OH is 1. The first-order chi connectivity index (χ1) is 9.65. The number of carboxylic acids is 1. The molecule has 0 aliphatic heterocycles. The molecule has 2 amide bonds. The van der Waals surface area contributed by atoms with Gasteiger partial charge in [0.25, 0.3) is 0 Å². The van der Waals surface area contributed by atoms with Gasteiger partial charge in [-0.25, -0.2) is 9.59 Å². The Morgan fingerprint density at radius 2 is 1.95 bits per heavy atom. The summed E-state index contributed by atoms with van der Waals surface area (Å²) in [7, 11) is 0. The lowest BCUT2D eigenvalue weighted by atomic mass is 10.2. The first-order valence-corrected chi connectivity index (χ1v) is 5.81. The van der Waals surface area contributed by atoms with Crippen LogP contribution >= 0.6 is 11.6 Å². The summed E-state index contributed by atoms with van der Waals surface area (Å²) in [6, 6.07) is -0.309. The standard InChI is InChI=1S/C11H10ClF3N2O4/c12-6-3-5(11(13,14)15)1-2-7(6)16-10(21)17-8(4-18)9(19)20/h1-3,8,18H,4H2,(H,19,20)(H2,16,17,21)/t8-/m1/s1. The summed E-state index contributed by atoms with van der Waals surface area (Å²) in [6.45, 7) is -0.844. The summed E-state index contributed by atoms with van der Waals surface area (Å²) in [5, 5.41) is 21.0. The van der Waals surface area contributed by atoms with E-state index in [1.54, 1.807) is 0 Å². The van der Waals surface area contributed by atoms with E-state index in [2.05, 4.69) is 5.32 Å². The predicted molar refractivity (Wildman–Crippen MR) is 67.1 cm³/mol. The number of aliphatic carboxylic acids is 1. The Morgan fingerprint density at radius 1 is 1.33 bits per heavy atom. The first kappa shape index (κ1) is 17.1. The van der Waals surface area contributed by atoms with Crippen LogP contribution in [0.15, 0.2) is 18.2 Å². The number of alkyl halides is 3. The van der Waals surface area contributed by atoms with Crippen molar-refractivity contribution in [3.63, 3.8) is 0 Å². The third-order valence-electron chi connectivity index (χ3n) is 2.33. The second-order valence-electron chi connectivity index (χ2n) is 3.86. The molecule has 1 atom stereocenters. The van der Waals surface area contributed by atoms with E-state index in [0.717, 1.165) is 6.07 Å². The molecule has 0 aromatic heterocycles. The van der Waals surface area contributed by atoms with Crippen molar-refractivity contribution in [1.29, 1.82) is 0 Å². The van der Waals surface area contributed by atoms with E-state index in [1.807, 2.05) is 5.32 Å². The number of carbonyl (C=O) groups is 2. The second-order valence-corrected chi connectivity index (χ2v) is 4.27. The van der Waals surface area contributed by atoms with Crippen molar-refractivity contribution in [3.8, 4) is 0 Å². The first-order valence-electron chi connectivity index (χ1n) is 5.43. The van der Waals surface area contributed by atoms with Gasteiger partial charge < -0.3 is 20.8 Å². The van der Waals surface area contributed by atoms with E-state index < -0.39 is 36.4 Å². The molecule has 0 unspecified atom stereocenters. The van der Waals surface area contributed by atoms with E-state index in [4.69, 9.17) is 21.8 Å². The number of benzene rings is 1. The molecule has 0 fully saturated rings. The van der Waals surface area contributed by atoms with Gasteiger partial charge in [0.2, 0.25) is 0 Å². The van der Waals surface area contributed by atoms with Gasteiger partial charge in [-0.15, -0.1) is 0 Å². The maximum Gasteiger partial charge on any atom is 0.416 e. The largest absolute Gasteiger partial charge is 0.480 e. The van der Waals surface area contributed by atoms with Crippen LogP contribution in [0, 0.1) is 0 Å². The van der Waals surface area contributed by atoms with Crippen molar-refractivity contribution in [2.45, 2.75) is 12.2 Å². The van der Waals surface area contributed by atoms with E-state index in [1.165, 1.54) is 0 Å². The zero-order chi connectivity index (χ0) is 16.2. The molecular formula is C11H10ClF3N2O4. The van der Waals surface area contributed by atoms with E-state index in [0.29, 0.717) is 12.1 Å². The van der Waals surface area contributed by atoms with Crippen LogP contribution in [0.5, 0.6) is 0 Å². The molecule has 0 saturated carbocycles. The Kier molecular flexibility index (Phi) is 5.39. The number of carboxylic acid groups (broad SMARTS) is 1. The highest BCUT2D eigenvalue weighted by molar-refractivity contribution is 6.33. The number of anilines is 1. The molecule has 116 valence electrons. The minimum absolute atomic E-state index is 0.135. The van der Waals surface area contributed by atoms with Gasteiger partial charge >= 0.3 is 18.2 Å². The normalized spacial score (nSPS) is 12.6. The number of rotatable bonds is 4. The third-order valence-corrected chi connectivity index (χ3v) is 2.64. The van der Waals surface area contributed by atoms with Crippen molar-refractivity contribution in [2.24, 2.45) is 0 Å². The van der Waals surface area contributed by atoms with Gasteiger partial charge in [0.1, 0.15) is 0 Å². The van der Waals surface area contributed by atoms with Crippen LogP contribution in [-0.4, -0.2) is 34.9 Å². The van der Waals surface area contributed by atoms with Crippen LogP contribution in [0.3, 0.4) is 0 Å². The summed E-state index contributed by atoms with van der Waals surface area (Å²) >= 11 is 5.60. The average Bonchev–Trinajstić information content (AvgIpc) is 2.36. The summed E-state index contributed by atoms with van der Waals surface area (Å²) in [6.07, 6.45) is -4.57. The maximum atomic E-state index is 12.4. The second kappa shape index (κ2) is 6.64. The van der Waals surface area contributed by atoms with Crippen LogP contribution in [0.25, 0.3) is 0 Å². The van der Waals surface area contributed by atoms with Gasteiger partial charge in [0.15, 0.2) is 6.04 Å². The van der Waals surface area contributed by atoms with Gasteiger partial charge in [-0.2, -0.15) is 13.2 Å². The van der Waals surface area contributed by atoms with Gasteiger partial charge in [-0.3, -0.25) is 0 Å². The zero-order valence-electron chi connectivity index (χ0n) is 10.2. The molecule has 1 aromatic rings. The summed E-state index contributed by atoms with van der Waals surface area (Å²) in [5.74, 6) is -1.47. The van der Waals surface area contributed by atoms with Crippen LogP contribution in [-0.2, 0) is 11.0 Å². The minimum atomic E-state index is -4.57. The Bertz CT molecular complexity index is 551. The summed E-state index contributed by atoms with van der Waals surface area (Å²) in [5.41, 5.74) is -1.12. The van der Waals surface area contributed by atoms with Crippen molar-refractivity contribution in [2.75, 3.05) is 11.9 Å². The Morgan fingerprint density at radius 3 is 2.38 bits per heavy atom. The quantitative estimate of drug-likeness (QED) is 0.679. The number of amides is 2. The highest BCUT2D eigenvalue weighted by Crippen LogP contribution is 2.33. The minimum Gasteiger partial charge on any atom is -0.480 e. The fraction of sp³-hybridized carbons (Fsp3) is 0.273. The Labute approximate surface area is 121 Å². The van der Waals surface area contributed by atoms with E-state index >= 15 is 0 Å². The highest BCUT2D eigenvalue weighted by atomic mass is 35.5.